The number of aliphatic hydroxyl groups excluding tert-OH is 1. The monoisotopic (exact) mass is 365 g/mol. The van der Waals surface area contributed by atoms with Gasteiger partial charge in [0, 0.05) is 32.2 Å². The van der Waals surface area contributed by atoms with Crippen molar-refractivity contribution in [2.75, 3.05) is 40.3 Å². The van der Waals surface area contributed by atoms with E-state index in [9.17, 15) is 9.67 Å². The molecule has 0 fully saturated rings. The van der Waals surface area contributed by atoms with Crippen LogP contribution in [0.25, 0.3) is 0 Å². The molecule has 0 aliphatic carbocycles. The molecule has 0 saturated carbocycles. The molecule has 6 nitrogen and oxygen atoms in total. The summed E-state index contributed by atoms with van der Waals surface area (Å²) in [6.07, 6.45) is 0. The molecule has 0 spiro atoms. The average molecular weight is 365 g/mol. The smallest absolute Gasteiger partial charge is 0.263 e. The molecule has 2 rings (SSSR count). The van der Waals surface area contributed by atoms with Gasteiger partial charge in [0.2, 0.25) is 0 Å². The zero-order chi connectivity index (χ0) is 18.6. The molecular weight excluding hydrogens is 341 g/mol. The van der Waals surface area contributed by atoms with Crippen LogP contribution in [0.5, 0.6) is 11.5 Å². The third kappa shape index (κ3) is 3.82. The van der Waals surface area contributed by atoms with Crippen LogP contribution < -0.4 is 19.7 Å². The Labute approximate surface area is 148 Å². The quantitative estimate of drug-likeness (QED) is 0.761. The number of nitrogens with zero attached hydrogens (tertiary/aromatic N) is 1. The minimum Gasteiger partial charge on any atom is -0.493 e. The van der Waals surface area contributed by atoms with E-state index in [1.54, 1.807) is 30.3 Å². The maximum Gasteiger partial charge on any atom is 0.263 e. The molecule has 25 heavy (non-hydrogen) atoms. The highest BCUT2D eigenvalue weighted by Crippen LogP contribution is 2.57. The van der Waals surface area contributed by atoms with Crippen molar-refractivity contribution in [1.29, 1.82) is 0 Å². The van der Waals surface area contributed by atoms with E-state index in [2.05, 4.69) is 0 Å². The van der Waals surface area contributed by atoms with Gasteiger partial charge < -0.3 is 24.0 Å². The van der Waals surface area contributed by atoms with Gasteiger partial charge in [-0.2, -0.15) is 0 Å². The third-order valence-corrected chi connectivity index (χ3v) is 6.53. The Balaban J connectivity index is 2.42. The molecule has 0 aliphatic rings. The number of hydrogen-bond donors (Lipinski definition) is 1. The normalized spacial score (nSPS) is 14.5. The molecular formula is C18H24NO5P. The molecule has 0 aromatic heterocycles. The van der Waals surface area contributed by atoms with E-state index in [1.807, 2.05) is 31.1 Å². The van der Waals surface area contributed by atoms with Gasteiger partial charge in [-0.05, 0) is 42.0 Å². The molecule has 0 amide bonds. The number of hydrogen-bond acceptors (Lipinski definition) is 6. The molecule has 2 aromatic rings. The second-order valence-corrected chi connectivity index (χ2v) is 8.24. The summed E-state index contributed by atoms with van der Waals surface area (Å²) in [6, 6.07) is 12.0. The Bertz CT molecular complexity index is 761. The summed E-state index contributed by atoms with van der Waals surface area (Å²) < 4.78 is 29.1. The first kappa shape index (κ1) is 19.3. The summed E-state index contributed by atoms with van der Waals surface area (Å²) in [5.41, 5.74) is 1.39. The van der Waals surface area contributed by atoms with Crippen molar-refractivity contribution in [2.24, 2.45) is 0 Å². The molecule has 2 atom stereocenters. The molecule has 0 aliphatic heterocycles. The first-order valence-electron chi connectivity index (χ1n) is 7.70. The standard InChI is InChI=1S/C18H24NO5P/c1-19(2)14-7-9-15(10-8-14)25(21,24-5)18(20)13-6-11-16(22-3)17(12-13)23-4/h6-12,18,20H,1-5H3. The van der Waals surface area contributed by atoms with E-state index in [0.717, 1.165) is 5.69 Å². The number of benzene rings is 2. The van der Waals surface area contributed by atoms with E-state index in [1.165, 1.54) is 21.3 Å². The van der Waals surface area contributed by atoms with Gasteiger partial charge in [-0.15, -0.1) is 0 Å². The number of anilines is 1. The van der Waals surface area contributed by atoms with Gasteiger partial charge in [-0.1, -0.05) is 6.07 Å². The van der Waals surface area contributed by atoms with Gasteiger partial charge in [-0.3, -0.25) is 4.57 Å². The van der Waals surface area contributed by atoms with Crippen molar-refractivity contribution < 1.29 is 23.7 Å². The van der Waals surface area contributed by atoms with Crippen LogP contribution in [0.1, 0.15) is 11.4 Å². The highest BCUT2D eigenvalue weighted by molar-refractivity contribution is 7.67. The van der Waals surface area contributed by atoms with Gasteiger partial charge in [0.25, 0.3) is 7.37 Å². The summed E-state index contributed by atoms with van der Waals surface area (Å²) in [5, 5.41) is 11.2. The Morgan fingerprint density at radius 3 is 2.04 bits per heavy atom. The maximum absolute atomic E-state index is 13.4. The Morgan fingerprint density at radius 1 is 0.960 bits per heavy atom. The van der Waals surface area contributed by atoms with Gasteiger partial charge >= 0.3 is 0 Å². The number of methoxy groups -OCH3 is 2. The van der Waals surface area contributed by atoms with Crippen LogP contribution in [-0.2, 0) is 9.09 Å². The van der Waals surface area contributed by atoms with E-state index in [-0.39, 0.29) is 0 Å². The molecule has 136 valence electrons. The minimum absolute atomic E-state index is 0.430. The first-order valence-corrected chi connectivity index (χ1v) is 9.40. The highest BCUT2D eigenvalue weighted by atomic mass is 31.2. The molecule has 0 heterocycles. The Morgan fingerprint density at radius 2 is 1.56 bits per heavy atom. The van der Waals surface area contributed by atoms with Crippen molar-refractivity contribution in [2.45, 2.75) is 5.85 Å². The van der Waals surface area contributed by atoms with Crippen LogP contribution in [-0.4, -0.2) is 40.5 Å². The molecule has 0 saturated heterocycles. The van der Waals surface area contributed by atoms with E-state index >= 15 is 0 Å². The fourth-order valence-corrected chi connectivity index (χ4v) is 4.33. The molecule has 1 N–H and O–H groups in total. The van der Waals surface area contributed by atoms with Gasteiger partial charge in [0.1, 0.15) is 0 Å². The van der Waals surface area contributed by atoms with E-state index in [4.69, 9.17) is 14.0 Å². The molecule has 7 heteroatoms. The zero-order valence-electron chi connectivity index (χ0n) is 15.1. The minimum atomic E-state index is -3.53. The lowest BCUT2D eigenvalue weighted by molar-refractivity contribution is 0.228. The van der Waals surface area contributed by atoms with Crippen LogP contribution in [0.15, 0.2) is 42.5 Å². The lowest BCUT2D eigenvalue weighted by atomic mass is 10.2. The second kappa shape index (κ2) is 7.91. The van der Waals surface area contributed by atoms with Crippen LogP contribution in [0.4, 0.5) is 5.69 Å². The van der Waals surface area contributed by atoms with Gasteiger partial charge in [0.15, 0.2) is 17.3 Å². The largest absolute Gasteiger partial charge is 0.493 e. The topological polar surface area (TPSA) is 68.2 Å². The lowest BCUT2D eigenvalue weighted by Crippen LogP contribution is -2.15. The average Bonchev–Trinajstić information content (AvgIpc) is 2.66. The molecule has 0 bridgehead atoms. The maximum atomic E-state index is 13.4. The van der Waals surface area contributed by atoms with Crippen molar-refractivity contribution in [3.8, 4) is 11.5 Å². The first-order chi connectivity index (χ1) is 11.9. The van der Waals surface area contributed by atoms with Crippen LogP contribution in [0.3, 0.4) is 0 Å². The Hall–Kier alpha value is -2.01. The fraction of sp³-hybridized carbons (Fsp3) is 0.333. The third-order valence-electron chi connectivity index (χ3n) is 4.02. The number of rotatable bonds is 7. The second-order valence-electron chi connectivity index (χ2n) is 5.68. The predicted molar refractivity (Wildman–Crippen MR) is 99.5 cm³/mol. The van der Waals surface area contributed by atoms with Crippen molar-refractivity contribution in [3.63, 3.8) is 0 Å². The molecule has 2 aromatic carbocycles. The molecule has 0 radical (unpaired) electrons. The van der Waals surface area contributed by atoms with Crippen molar-refractivity contribution >= 4 is 18.4 Å². The summed E-state index contributed by atoms with van der Waals surface area (Å²) in [7, 11) is 4.68. The lowest BCUT2D eigenvalue weighted by Gasteiger charge is -2.24. The Kier molecular flexibility index (Phi) is 6.11. The van der Waals surface area contributed by atoms with Crippen LogP contribution in [0, 0.1) is 0 Å². The van der Waals surface area contributed by atoms with Gasteiger partial charge in [0.05, 0.1) is 14.2 Å². The predicted octanol–water partition coefficient (Wildman–Crippen LogP) is 3.01. The summed E-state index contributed by atoms with van der Waals surface area (Å²) >= 11 is 0. The van der Waals surface area contributed by atoms with E-state index < -0.39 is 13.2 Å². The molecule has 2 unspecified atom stereocenters. The van der Waals surface area contributed by atoms with E-state index in [0.29, 0.717) is 22.4 Å². The van der Waals surface area contributed by atoms with Crippen LogP contribution >= 0.6 is 7.37 Å². The zero-order valence-corrected chi connectivity index (χ0v) is 16.0. The summed E-state index contributed by atoms with van der Waals surface area (Å²) in [4.78, 5) is 1.94. The van der Waals surface area contributed by atoms with Crippen molar-refractivity contribution in [1.82, 2.24) is 0 Å². The fourth-order valence-electron chi connectivity index (χ4n) is 2.51. The van der Waals surface area contributed by atoms with Gasteiger partial charge in [-0.25, -0.2) is 0 Å². The van der Waals surface area contributed by atoms with Crippen molar-refractivity contribution in [3.05, 3.63) is 48.0 Å². The highest BCUT2D eigenvalue weighted by Gasteiger charge is 2.35. The summed E-state index contributed by atoms with van der Waals surface area (Å²) in [5.74, 6) is -0.340. The number of aliphatic hydroxyl groups is 1. The van der Waals surface area contributed by atoms with Crippen LogP contribution in [0.2, 0.25) is 0 Å². The number of ether oxygens (including phenoxy) is 2. The SMILES string of the molecule is COc1ccc(C(O)P(=O)(OC)c2ccc(N(C)C)cc2)cc1OC. The summed E-state index contributed by atoms with van der Waals surface area (Å²) in [6.45, 7) is 0.